The average molecular weight is 332 g/mol. The SMILES string of the molecule is COc1ccc(C2(C(=O)NCCN3CCCC[C@H]3CO)CC2)cc1. The lowest BCUT2D eigenvalue weighted by atomic mass is 9.95. The van der Waals surface area contributed by atoms with E-state index < -0.39 is 0 Å². The van der Waals surface area contributed by atoms with Crippen molar-refractivity contribution in [2.75, 3.05) is 33.4 Å². The zero-order chi connectivity index (χ0) is 17.0. The third-order valence-corrected chi connectivity index (χ3v) is 5.47. The first-order chi connectivity index (χ1) is 11.7. The second-order valence-corrected chi connectivity index (χ2v) is 6.93. The fourth-order valence-corrected chi connectivity index (χ4v) is 3.73. The number of rotatable bonds is 7. The van der Waals surface area contributed by atoms with Crippen LogP contribution in [0.2, 0.25) is 0 Å². The van der Waals surface area contributed by atoms with Crippen molar-refractivity contribution in [2.45, 2.75) is 43.6 Å². The molecule has 1 aliphatic carbocycles. The van der Waals surface area contributed by atoms with Crippen LogP contribution in [0.25, 0.3) is 0 Å². The summed E-state index contributed by atoms with van der Waals surface area (Å²) in [6.07, 6.45) is 5.25. The number of likely N-dealkylation sites (tertiary alicyclic amines) is 1. The van der Waals surface area contributed by atoms with E-state index in [0.717, 1.165) is 43.7 Å². The molecule has 0 radical (unpaired) electrons. The van der Waals surface area contributed by atoms with Crippen LogP contribution in [0.1, 0.15) is 37.7 Å². The minimum absolute atomic E-state index is 0.130. The fraction of sp³-hybridized carbons (Fsp3) is 0.632. The summed E-state index contributed by atoms with van der Waals surface area (Å²) in [5, 5.41) is 12.6. The van der Waals surface area contributed by atoms with Crippen molar-refractivity contribution in [3.63, 3.8) is 0 Å². The molecule has 2 N–H and O–H groups in total. The second-order valence-electron chi connectivity index (χ2n) is 6.93. The molecule has 132 valence electrons. The van der Waals surface area contributed by atoms with Crippen LogP contribution in [0, 0.1) is 0 Å². The van der Waals surface area contributed by atoms with Crippen molar-refractivity contribution in [1.29, 1.82) is 0 Å². The molecule has 1 aromatic rings. The van der Waals surface area contributed by atoms with Gasteiger partial charge >= 0.3 is 0 Å². The largest absolute Gasteiger partial charge is 0.497 e. The molecule has 2 fully saturated rings. The van der Waals surface area contributed by atoms with Crippen molar-refractivity contribution in [1.82, 2.24) is 10.2 Å². The number of piperidine rings is 1. The van der Waals surface area contributed by atoms with Gasteiger partial charge in [-0.05, 0) is 49.9 Å². The van der Waals surface area contributed by atoms with Crippen LogP contribution in [-0.4, -0.2) is 55.3 Å². The van der Waals surface area contributed by atoms with Crippen LogP contribution in [0.5, 0.6) is 5.75 Å². The zero-order valence-corrected chi connectivity index (χ0v) is 14.5. The molecule has 1 atom stereocenters. The first-order valence-electron chi connectivity index (χ1n) is 8.97. The van der Waals surface area contributed by atoms with Gasteiger partial charge in [-0.1, -0.05) is 18.6 Å². The maximum absolute atomic E-state index is 12.7. The molecule has 0 aromatic heterocycles. The number of nitrogens with zero attached hydrogens (tertiary/aromatic N) is 1. The van der Waals surface area contributed by atoms with Gasteiger partial charge in [0, 0.05) is 19.1 Å². The zero-order valence-electron chi connectivity index (χ0n) is 14.5. The third kappa shape index (κ3) is 3.57. The van der Waals surface area contributed by atoms with Gasteiger partial charge in [0.1, 0.15) is 5.75 Å². The summed E-state index contributed by atoms with van der Waals surface area (Å²) in [7, 11) is 1.65. The van der Waals surface area contributed by atoms with Gasteiger partial charge in [-0.15, -0.1) is 0 Å². The molecule has 1 heterocycles. The van der Waals surface area contributed by atoms with E-state index in [4.69, 9.17) is 4.74 Å². The van der Waals surface area contributed by atoms with Crippen molar-refractivity contribution in [3.05, 3.63) is 29.8 Å². The highest BCUT2D eigenvalue weighted by Gasteiger charge is 2.51. The summed E-state index contributed by atoms with van der Waals surface area (Å²) in [6.45, 7) is 2.69. The summed E-state index contributed by atoms with van der Waals surface area (Å²) >= 11 is 0. The summed E-state index contributed by atoms with van der Waals surface area (Å²) < 4.78 is 5.19. The van der Waals surface area contributed by atoms with Crippen molar-refractivity contribution >= 4 is 5.91 Å². The van der Waals surface area contributed by atoms with Gasteiger partial charge < -0.3 is 15.2 Å². The predicted octanol–water partition coefficient (Wildman–Crippen LogP) is 1.69. The molecular weight excluding hydrogens is 304 g/mol. The minimum atomic E-state index is -0.343. The standard InChI is InChI=1S/C19H28N2O3/c1-24-17-7-5-15(6-8-17)19(9-10-19)18(23)20-11-13-21-12-3-2-4-16(21)14-22/h5-8,16,22H,2-4,9-14H2,1H3,(H,20,23)/t16-/m0/s1. The minimum Gasteiger partial charge on any atom is -0.497 e. The number of carbonyl (C=O) groups is 1. The van der Waals surface area contributed by atoms with Crippen molar-refractivity contribution in [3.8, 4) is 5.75 Å². The Kier molecular flexibility index (Phi) is 5.41. The van der Waals surface area contributed by atoms with Crippen LogP contribution >= 0.6 is 0 Å². The molecule has 2 aliphatic rings. The molecule has 1 aromatic carbocycles. The Labute approximate surface area is 144 Å². The van der Waals surface area contributed by atoms with E-state index in [2.05, 4.69) is 10.2 Å². The highest BCUT2D eigenvalue weighted by atomic mass is 16.5. The van der Waals surface area contributed by atoms with E-state index in [1.807, 2.05) is 24.3 Å². The number of amides is 1. The van der Waals surface area contributed by atoms with Crippen LogP contribution in [0.15, 0.2) is 24.3 Å². The number of hydrogen-bond acceptors (Lipinski definition) is 4. The highest BCUT2D eigenvalue weighted by Crippen LogP contribution is 2.48. The third-order valence-electron chi connectivity index (χ3n) is 5.47. The lowest BCUT2D eigenvalue weighted by molar-refractivity contribution is -0.123. The molecule has 0 unspecified atom stereocenters. The Morgan fingerprint density at radius 1 is 1.33 bits per heavy atom. The molecule has 24 heavy (non-hydrogen) atoms. The van der Waals surface area contributed by atoms with Crippen molar-refractivity contribution < 1.29 is 14.6 Å². The van der Waals surface area contributed by atoms with E-state index in [9.17, 15) is 9.90 Å². The van der Waals surface area contributed by atoms with Crippen LogP contribution in [0.3, 0.4) is 0 Å². The summed E-state index contributed by atoms with van der Waals surface area (Å²) in [4.78, 5) is 15.0. The van der Waals surface area contributed by atoms with Crippen molar-refractivity contribution in [2.24, 2.45) is 0 Å². The number of methoxy groups -OCH3 is 1. The number of ether oxygens (including phenoxy) is 1. The lowest BCUT2D eigenvalue weighted by Crippen LogP contribution is -2.46. The first-order valence-corrected chi connectivity index (χ1v) is 8.97. The van der Waals surface area contributed by atoms with E-state index in [0.29, 0.717) is 6.54 Å². The molecule has 0 spiro atoms. The monoisotopic (exact) mass is 332 g/mol. The smallest absolute Gasteiger partial charge is 0.230 e. The average Bonchev–Trinajstić information content (AvgIpc) is 3.44. The molecule has 1 saturated carbocycles. The first kappa shape index (κ1) is 17.2. The number of carbonyl (C=O) groups excluding carboxylic acids is 1. The Morgan fingerprint density at radius 2 is 2.08 bits per heavy atom. The van der Waals surface area contributed by atoms with Gasteiger partial charge in [0.05, 0.1) is 19.1 Å². The van der Waals surface area contributed by atoms with Crippen LogP contribution < -0.4 is 10.1 Å². The highest BCUT2D eigenvalue weighted by molar-refractivity contribution is 5.91. The Bertz CT molecular complexity index is 554. The molecule has 1 saturated heterocycles. The fourth-order valence-electron chi connectivity index (χ4n) is 3.73. The number of aliphatic hydroxyl groups is 1. The molecule has 1 aliphatic heterocycles. The van der Waals surface area contributed by atoms with E-state index in [1.165, 1.54) is 12.8 Å². The van der Waals surface area contributed by atoms with Crippen LogP contribution in [0.4, 0.5) is 0 Å². The molecule has 1 amide bonds. The van der Waals surface area contributed by atoms with Gasteiger partial charge in [-0.3, -0.25) is 9.69 Å². The maximum atomic E-state index is 12.7. The van der Waals surface area contributed by atoms with E-state index in [1.54, 1.807) is 7.11 Å². The van der Waals surface area contributed by atoms with Gasteiger partial charge in [0.25, 0.3) is 0 Å². The molecule has 5 nitrogen and oxygen atoms in total. The molecular formula is C19H28N2O3. The summed E-state index contributed by atoms with van der Waals surface area (Å²) in [5.74, 6) is 0.945. The Hall–Kier alpha value is -1.59. The molecule has 5 heteroatoms. The number of benzene rings is 1. The quantitative estimate of drug-likeness (QED) is 0.798. The molecule has 0 bridgehead atoms. The number of nitrogens with one attached hydrogen (secondary N) is 1. The number of hydrogen-bond donors (Lipinski definition) is 2. The topological polar surface area (TPSA) is 61.8 Å². The van der Waals surface area contributed by atoms with Gasteiger partial charge in [0.2, 0.25) is 5.91 Å². The Balaban J connectivity index is 1.52. The normalized spacial score (nSPS) is 22.8. The van der Waals surface area contributed by atoms with E-state index in [-0.39, 0.29) is 24.0 Å². The lowest BCUT2D eigenvalue weighted by Gasteiger charge is -2.34. The van der Waals surface area contributed by atoms with Gasteiger partial charge in [0.15, 0.2) is 0 Å². The maximum Gasteiger partial charge on any atom is 0.230 e. The van der Waals surface area contributed by atoms with Gasteiger partial charge in [-0.2, -0.15) is 0 Å². The molecule has 3 rings (SSSR count). The number of aliphatic hydroxyl groups excluding tert-OH is 1. The second kappa shape index (κ2) is 7.53. The predicted molar refractivity (Wildman–Crippen MR) is 93.2 cm³/mol. The van der Waals surface area contributed by atoms with E-state index >= 15 is 0 Å². The summed E-state index contributed by atoms with van der Waals surface area (Å²) in [5.41, 5.74) is 0.733. The summed E-state index contributed by atoms with van der Waals surface area (Å²) in [6, 6.07) is 8.09. The Morgan fingerprint density at radius 3 is 2.71 bits per heavy atom. The van der Waals surface area contributed by atoms with Crippen LogP contribution in [-0.2, 0) is 10.2 Å². The van der Waals surface area contributed by atoms with Gasteiger partial charge in [-0.25, -0.2) is 0 Å².